The summed E-state index contributed by atoms with van der Waals surface area (Å²) in [4.78, 5) is 0. The van der Waals surface area contributed by atoms with Gasteiger partial charge < -0.3 is 13.6 Å². The van der Waals surface area contributed by atoms with Crippen LogP contribution < -0.4 is 20.7 Å². The lowest BCUT2D eigenvalue weighted by Crippen LogP contribution is -2.67. The Balaban J connectivity index is 0.000000154. The standard InChI is InChI=1S/C21H26OSi.C17H18O2Si/c1-21(2,3)23(19-14-6-4-7-15-19,20-16-8-5-9-17-20)22-18-12-10-11-13-18;1-3-7-14(8-4-1)20(15-9-5-2-6-10-15)19-13-11-16-17(12-13)18-16/h4-11,14-18H,12-13H2,1-3H3;1-10,13,16-17,20H,11-12H2/t;13-,16+,17-. The van der Waals surface area contributed by atoms with E-state index in [1.54, 1.807) is 0 Å². The monoisotopic (exact) mass is 604 g/mol. The van der Waals surface area contributed by atoms with Gasteiger partial charge in [0.25, 0.3) is 8.32 Å². The maximum absolute atomic E-state index is 7.01. The van der Waals surface area contributed by atoms with Crippen LogP contribution in [0.5, 0.6) is 0 Å². The van der Waals surface area contributed by atoms with Crippen LogP contribution in [0.4, 0.5) is 0 Å². The molecule has 0 radical (unpaired) electrons. The minimum atomic E-state index is -2.35. The fourth-order valence-electron chi connectivity index (χ4n) is 6.75. The van der Waals surface area contributed by atoms with E-state index < -0.39 is 17.4 Å². The van der Waals surface area contributed by atoms with Gasteiger partial charge in [-0.05, 0) is 38.6 Å². The van der Waals surface area contributed by atoms with Gasteiger partial charge in [-0.15, -0.1) is 0 Å². The topological polar surface area (TPSA) is 31.0 Å². The van der Waals surface area contributed by atoms with E-state index in [2.05, 4.69) is 154 Å². The summed E-state index contributed by atoms with van der Waals surface area (Å²) in [5.41, 5.74) is 0. The number of hydrogen-bond acceptors (Lipinski definition) is 3. The van der Waals surface area contributed by atoms with E-state index in [0.717, 1.165) is 25.7 Å². The minimum absolute atomic E-state index is 0.0678. The molecule has 1 saturated carbocycles. The van der Waals surface area contributed by atoms with Crippen molar-refractivity contribution in [3.63, 3.8) is 0 Å². The molecule has 0 amide bonds. The van der Waals surface area contributed by atoms with Gasteiger partial charge in [0.1, 0.15) is 0 Å². The van der Waals surface area contributed by atoms with E-state index in [1.165, 1.54) is 20.7 Å². The number of hydrogen-bond donors (Lipinski definition) is 0. The van der Waals surface area contributed by atoms with E-state index in [1.807, 2.05) is 0 Å². The molecule has 43 heavy (non-hydrogen) atoms. The van der Waals surface area contributed by atoms with E-state index in [0.29, 0.717) is 24.4 Å². The van der Waals surface area contributed by atoms with Gasteiger partial charge in [0.2, 0.25) is 9.04 Å². The number of fused-ring (bicyclic) bond motifs is 1. The van der Waals surface area contributed by atoms with E-state index >= 15 is 0 Å². The molecule has 3 atom stereocenters. The molecule has 4 aromatic rings. The maximum Gasteiger partial charge on any atom is 0.261 e. The highest BCUT2D eigenvalue weighted by atomic mass is 28.4. The van der Waals surface area contributed by atoms with Gasteiger partial charge in [0, 0.05) is 12.8 Å². The number of ether oxygens (including phenoxy) is 1. The summed E-state index contributed by atoms with van der Waals surface area (Å²) < 4.78 is 19.1. The van der Waals surface area contributed by atoms with Crippen molar-refractivity contribution in [2.75, 3.05) is 0 Å². The lowest BCUT2D eigenvalue weighted by molar-refractivity contribution is 0.155. The Bertz CT molecular complexity index is 1360. The molecule has 2 fully saturated rings. The van der Waals surface area contributed by atoms with Crippen LogP contribution in [0.3, 0.4) is 0 Å². The first-order valence-corrected chi connectivity index (χ1v) is 19.3. The SMILES string of the molecule is CC(C)(C)[Si](OC1CC=CC1)(c1ccccc1)c1ccccc1.c1ccc([SiH](O[C@@H]2C[C@@H]3O[C@@H]3C2)c2ccccc2)cc1. The molecule has 1 aliphatic heterocycles. The summed E-state index contributed by atoms with van der Waals surface area (Å²) in [6.07, 6.45) is 10.4. The van der Waals surface area contributed by atoms with E-state index in [4.69, 9.17) is 13.6 Å². The van der Waals surface area contributed by atoms with Crippen molar-refractivity contribution in [1.82, 2.24) is 0 Å². The molecule has 4 aromatic carbocycles. The Labute approximate surface area is 260 Å². The molecule has 5 heteroatoms. The molecule has 0 aromatic heterocycles. The normalized spacial score (nSPS) is 21.3. The van der Waals surface area contributed by atoms with E-state index in [-0.39, 0.29) is 5.04 Å². The van der Waals surface area contributed by atoms with Crippen molar-refractivity contribution in [3.8, 4) is 0 Å². The van der Waals surface area contributed by atoms with Gasteiger partial charge in [-0.2, -0.15) is 0 Å². The van der Waals surface area contributed by atoms with Crippen molar-refractivity contribution < 1.29 is 13.6 Å². The molecule has 0 unspecified atom stereocenters. The van der Waals surface area contributed by atoms with E-state index in [9.17, 15) is 0 Å². The summed E-state index contributed by atoms with van der Waals surface area (Å²) >= 11 is 0. The van der Waals surface area contributed by atoms with Crippen molar-refractivity contribution in [2.45, 2.75) is 75.9 Å². The number of rotatable bonds is 8. The molecule has 2 aliphatic carbocycles. The van der Waals surface area contributed by atoms with Crippen LogP contribution >= 0.6 is 0 Å². The predicted molar refractivity (Wildman–Crippen MR) is 183 cm³/mol. The maximum atomic E-state index is 7.01. The zero-order chi connectivity index (χ0) is 29.7. The first kappa shape index (κ1) is 30.0. The Hall–Kier alpha value is -3.07. The lowest BCUT2D eigenvalue weighted by atomic mass is 10.2. The Morgan fingerprint density at radius 2 is 1.02 bits per heavy atom. The highest BCUT2D eigenvalue weighted by Gasteiger charge is 2.51. The fourth-order valence-corrected chi connectivity index (χ4v) is 13.9. The van der Waals surface area contributed by atoms with Gasteiger partial charge >= 0.3 is 0 Å². The zero-order valence-electron chi connectivity index (χ0n) is 25.6. The van der Waals surface area contributed by atoms with Crippen molar-refractivity contribution >= 4 is 38.1 Å². The molecule has 3 aliphatic rings. The van der Waals surface area contributed by atoms with Gasteiger partial charge in [0.15, 0.2) is 0 Å². The van der Waals surface area contributed by atoms with Crippen molar-refractivity contribution in [3.05, 3.63) is 133 Å². The number of epoxide rings is 1. The predicted octanol–water partition coefficient (Wildman–Crippen LogP) is 5.75. The van der Waals surface area contributed by atoms with Crippen LogP contribution in [0.2, 0.25) is 5.04 Å². The van der Waals surface area contributed by atoms with Crippen LogP contribution in [0.25, 0.3) is 0 Å². The average Bonchev–Trinajstić information content (AvgIpc) is 3.38. The Morgan fingerprint density at radius 1 is 0.605 bits per heavy atom. The van der Waals surface area contributed by atoms with Crippen LogP contribution in [0, 0.1) is 0 Å². The zero-order valence-corrected chi connectivity index (χ0v) is 27.8. The molecule has 0 bridgehead atoms. The largest absolute Gasteiger partial charge is 0.408 e. The van der Waals surface area contributed by atoms with Crippen LogP contribution in [0.1, 0.15) is 46.5 Å². The third kappa shape index (κ3) is 6.87. The summed E-state index contributed by atoms with van der Waals surface area (Å²) in [5, 5.41) is 5.52. The molecule has 7 rings (SSSR count). The molecule has 222 valence electrons. The smallest absolute Gasteiger partial charge is 0.261 e. The summed E-state index contributed by atoms with van der Waals surface area (Å²) in [6.45, 7) is 7.00. The molecule has 0 spiro atoms. The third-order valence-electron chi connectivity index (χ3n) is 8.94. The molecule has 1 saturated heterocycles. The highest BCUT2D eigenvalue weighted by molar-refractivity contribution is 6.99. The second kappa shape index (κ2) is 13.3. The lowest BCUT2D eigenvalue weighted by Gasteiger charge is -2.44. The average molecular weight is 605 g/mol. The van der Waals surface area contributed by atoms with Crippen molar-refractivity contribution in [2.24, 2.45) is 0 Å². The second-order valence-corrected chi connectivity index (χ2v) is 19.6. The quantitative estimate of drug-likeness (QED) is 0.146. The van der Waals surface area contributed by atoms with Gasteiger partial charge in [-0.25, -0.2) is 0 Å². The van der Waals surface area contributed by atoms with Crippen LogP contribution in [-0.2, 0) is 13.6 Å². The van der Waals surface area contributed by atoms with Gasteiger partial charge in [-0.1, -0.05) is 154 Å². The van der Waals surface area contributed by atoms with Gasteiger partial charge in [-0.3, -0.25) is 0 Å². The first-order chi connectivity index (χ1) is 20.9. The molecule has 3 nitrogen and oxygen atoms in total. The van der Waals surface area contributed by atoms with Gasteiger partial charge in [0.05, 0.1) is 24.4 Å². The Kier molecular flexibility index (Phi) is 9.26. The third-order valence-corrected chi connectivity index (χ3v) is 16.7. The first-order valence-electron chi connectivity index (χ1n) is 15.8. The molecular weight excluding hydrogens is 561 g/mol. The van der Waals surface area contributed by atoms with Crippen LogP contribution in [-0.4, -0.2) is 41.8 Å². The second-order valence-electron chi connectivity index (χ2n) is 13.0. The molecule has 1 heterocycles. The molecular formula is C38H44O3Si2. The highest BCUT2D eigenvalue weighted by Crippen LogP contribution is 2.40. The van der Waals surface area contributed by atoms with Crippen LogP contribution in [0.15, 0.2) is 133 Å². The minimum Gasteiger partial charge on any atom is -0.408 e. The fraction of sp³-hybridized carbons (Fsp3) is 0.316. The van der Waals surface area contributed by atoms with Crippen molar-refractivity contribution in [1.29, 1.82) is 0 Å². The number of benzene rings is 4. The molecule has 0 N–H and O–H groups in total. The Morgan fingerprint density at radius 3 is 1.44 bits per heavy atom. The summed E-state index contributed by atoms with van der Waals surface area (Å²) in [5.74, 6) is 0. The summed E-state index contributed by atoms with van der Waals surface area (Å²) in [6, 6.07) is 43.2. The summed E-state index contributed by atoms with van der Waals surface area (Å²) in [7, 11) is -3.92.